The van der Waals surface area contributed by atoms with Crippen LogP contribution in [0.4, 0.5) is 0 Å². The Morgan fingerprint density at radius 1 is 1.67 bits per heavy atom. The minimum Gasteiger partial charge on any atom is -0.440 e. The predicted molar refractivity (Wildman–Crippen MR) is 71.3 cm³/mol. The van der Waals surface area contributed by atoms with E-state index in [1.54, 1.807) is 6.26 Å². The van der Waals surface area contributed by atoms with E-state index in [2.05, 4.69) is 23.3 Å². The van der Waals surface area contributed by atoms with Crippen LogP contribution in [0.2, 0.25) is 0 Å². The molecule has 1 N–H and O–H groups in total. The first-order chi connectivity index (χ1) is 8.70. The highest BCUT2D eigenvalue weighted by Gasteiger charge is 2.45. The summed E-state index contributed by atoms with van der Waals surface area (Å²) in [6.07, 6.45) is 4.98. The highest BCUT2D eigenvalue weighted by atomic mass is 32.2. The maximum atomic E-state index is 9.52. The normalized spacial score (nSPS) is 18.3. The molecule has 0 saturated heterocycles. The van der Waals surface area contributed by atoms with Gasteiger partial charge in [-0.1, -0.05) is 18.7 Å². The van der Waals surface area contributed by atoms with Crippen molar-refractivity contribution in [2.45, 2.75) is 43.9 Å². The summed E-state index contributed by atoms with van der Waals surface area (Å²) in [5.74, 6) is 1.19. The number of thioether (sulfide) groups is 1. The first-order valence-corrected chi connectivity index (χ1v) is 7.40. The molecule has 1 aliphatic carbocycles. The van der Waals surface area contributed by atoms with Crippen LogP contribution >= 0.6 is 11.8 Å². The SMILES string of the molecule is CCCNC(C#N)(CSc1nc(C)co1)C1CC1. The number of rotatable bonds is 7. The second-order valence-corrected chi connectivity index (χ2v) is 5.75. The molecule has 1 heterocycles. The predicted octanol–water partition coefficient (Wildman–Crippen LogP) is 2.75. The van der Waals surface area contributed by atoms with E-state index in [-0.39, 0.29) is 0 Å². The van der Waals surface area contributed by atoms with Crippen molar-refractivity contribution >= 4 is 11.8 Å². The van der Waals surface area contributed by atoms with Crippen LogP contribution in [0.25, 0.3) is 0 Å². The van der Waals surface area contributed by atoms with Gasteiger partial charge in [-0.25, -0.2) is 4.98 Å². The molecule has 1 fully saturated rings. The molecule has 0 spiro atoms. The number of oxazole rings is 1. The molecule has 0 aliphatic heterocycles. The molecule has 1 aromatic rings. The maximum Gasteiger partial charge on any atom is 0.255 e. The van der Waals surface area contributed by atoms with Crippen molar-refractivity contribution in [1.82, 2.24) is 10.3 Å². The van der Waals surface area contributed by atoms with Crippen molar-refractivity contribution in [2.75, 3.05) is 12.3 Å². The van der Waals surface area contributed by atoms with E-state index in [9.17, 15) is 5.26 Å². The number of nitrogens with zero attached hydrogens (tertiary/aromatic N) is 2. The lowest BCUT2D eigenvalue weighted by molar-refractivity contribution is 0.402. The first kappa shape index (κ1) is 13.4. The van der Waals surface area contributed by atoms with E-state index < -0.39 is 5.54 Å². The zero-order valence-corrected chi connectivity index (χ0v) is 11.7. The van der Waals surface area contributed by atoms with Gasteiger partial charge in [0, 0.05) is 5.75 Å². The van der Waals surface area contributed by atoms with Crippen LogP contribution in [0.3, 0.4) is 0 Å². The second-order valence-electron chi connectivity index (χ2n) is 4.83. The molecule has 1 atom stereocenters. The Morgan fingerprint density at radius 2 is 2.44 bits per heavy atom. The number of nitrogens with one attached hydrogen (secondary N) is 1. The fourth-order valence-corrected chi connectivity index (χ4v) is 3.05. The van der Waals surface area contributed by atoms with Crippen LogP contribution in [0.15, 0.2) is 15.9 Å². The number of aromatic nitrogens is 1. The molecule has 18 heavy (non-hydrogen) atoms. The van der Waals surface area contributed by atoms with Crippen molar-refractivity contribution in [3.8, 4) is 6.07 Å². The van der Waals surface area contributed by atoms with Crippen LogP contribution in [-0.2, 0) is 0 Å². The lowest BCUT2D eigenvalue weighted by Gasteiger charge is -2.27. The van der Waals surface area contributed by atoms with E-state index >= 15 is 0 Å². The number of hydrogen-bond donors (Lipinski definition) is 1. The Balaban J connectivity index is 1.98. The molecule has 0 amide bonds. The van der Waals surface area contributed by atoms with Gasteiger partial charge in [-0.15, -0.1) is 0 Å². The van der Waals surface area contributed by atoms with Crippen LogP contribution in [-0.4, -0.2) is 22.8 Å². The Morgan fingerprint density at radius 3 is 2.94 bits per heavy atom. The van der Waals surface area contributed by atoms with Gasteiger partial charge in [0.2, 0.25) is 0 Å². The van der Waals surface area contributed by atoms with Crippen molar-refractivity contribution in [3.05, 3.63) is 12.0 Å². The molecule has 0 bridgehead atoms. The molecular weight excluding hydrogens is 246 g/mol. The smallest absolute Gasteiger partial charge is 0.255 e. The van der Waals surface area contributed by atoms with E-state index in [1.807, 2.05) is 6.92 Å². The molecule has 0 radical (unpaired) electrons. The van der Waals surface area contributed by atoms with Gasteiger partial charge in [0.1, 0.15) is 11.8 Å². The second kappa shape index (κ2) is 5.77. The molecule has 98 valence electrons. The number of nitriles is 1. The van der Waals surface area contributed by atoms with E-state index in [4.69, 9.17) is 4.42 Å². The first-order valence-electron chi connectivity index (χ1n) is 6.41. The molecule has 2 rings (SSSR count). The van der Waals surface area contributed by atoms with E-state index in [1.165, 1.54) is 11.8 Å². The van der Waals surface area contributed by atoms with Gasteiger partial charge in [-0.3, -0.25) is 5.32 Å². The Kier molecular flexibility index (Phi) is 4.31. The zero-order valence-electron chi connectivity index (χ0n) is 10.9. The Bertz CT molecular complexity index is 436. The fraction of sp³-hybridized carbons (Fsp3) is 0.692. The molecule has 1 aromatic heterocycles. The lowest BCUT2D eigenvalue weighted by atomic mass is 9.97. The summed E-state index contributed by atoms with van der Waals surface area (Å²) >= 11 is 1.53. The van der Waals surface area contributed by atoms with Gasteiger partial charge in [-0.05, 0) is 38.6 Å². The number of aryl methyl sites for hydroxylation is 1. The summed E-state index contributed by atoms with van der Waals surface area (Å²) < 4.78 is 5.32. The topological polar surface area (TPSA) is 61.9 Å². The summed E-state index contributed by atoms with van der Waals surface area (Å²) in [6.45, 7) is 4.91. The molecule has 0 aromatic carbocycles. The van der Waals surface area contributed by atoms with Crippen LogP contribution in [0.5, 0.6) is 0 Å². The molecule has 1 aliphatic rings. The Labute approximate surface area is 112 Å². The standard InChI is InChI=1S/C13H19N3OS/c1-3-6-15-13(8-14,11-4-5-11)9-18-12-16-10(2)7-17-12/h7,11,15H,3-6,9H2,1-2H3. The summed E-state index contributed by atoms with van der Waals surface area (Å²) in [7, 11) is 0. The highest BCUT2D eigenvalue weighted by Crippen LogP contribution is 2.42. The molecule has 1 saturated carbocycles. The van der Waals surface area contributed by atoms with Crippen LogP contribution in [0, 0.1) is 24.2 Å². The highest BCUT2D eigenvalue weighted by molar-refractivity contribution is 7.99. The molecule has 5 heteroatoms. The van der Waals surface area contributed by atoms with Gasteiger partial charge in [-0.2, -0.15) is 5.26 Å². The van der Waals surface area contributed by atoms with E-state index in [0.717, 1.165) is 31.5 Å². The fourth-order valence-electron chi connectivity index (χ4n) is 1.97. The van der Waals surface area contributed by atoms with Gasteiger partial charge >= 0.3 is 0 Å². The average Bonchev–Trinajstić information content (AvgIpc) is 3.14. The van der Waals surface area contributed by atoms with Crippen LogP contribution < -0.4 is 5.32 Å². The largest absolute Gasteiger partial charge is 0.440 e. The van der Waals surface area contributed by atoms with Gasteiger partial charge < -0.3 is 4.42 Å². The summed E-state index contributed by atoms with van der Waals surface area (Å²) in [6, 6.07) is 2.49. The maximum absolute atomic E-state index is 9.52. The van der Waals surface area contributed by atoms with E-state index in [0.29, 0.717) is 16.9 Å². The Hall–Kier alpha value is -0.990. The van der Waals surface area contributed by atoms with Crippen molar-refractivity contribution in [1.29, 1.82) is 5.26 Å². The molecule has 1 unspecified atom stereocenters. The van der Waals surface area contributed by atoms with Gasteiger partial charge in [0.25, 0.3) is 5.22 Å². The summed E-state index contributed by atoms with van der Waals surface area (Å²) in [5.41, 5.74) is 0.469. The average molecular weight is 265 g/mol. The number of hydrogen-bond acceptors (Lipinski definition) is 5. The zero-order chi connectivity index (χ0) is 13.0. The van der Waals surface area contributed by atoms with Crippen LogP contribution in [0.1, 0.15) is 31.9 Å². The van der Waals surface area contributed by atoms with Crippen molar-refractivity contribution in [2.24, 2.45) is 5.92 Å². The minimum atomic E-state index is -0.414. The third kappa shape index (κ3) is 3.06. The van der Waals surface area contributed by atoms with Gasteiger partial charge in [0.05, 0.1) is 11.8 Å². The lowest BCUT2D eigenvalue weighted by Crippen LogP contribution is -2.48. The molecule has 4 nitrogen and oxygen atoms in total. The summed E-state index contributed by atoms with van der Waals surface area (Å²) in [5, 5.41) is 13.6. The minimum absolute atomic E-state index is 0.414. The summed E-state index contributed by atoms with van der Waals surface area (Å²) in [4.78, 5) is 4.27. The third-order valence-corrected chi connectivity index (χ3v) is 4.22. The van der Waals surface area contributed by atoms with Gasteiger partial charge in [0.15, 0.2) is 0 Å². The monoisotopic (exact) mass is 265 g/mol. The van der Waals surface area contributed by atoms with Crippen molar-refractivity contribution < 1.29 is 4.42 Å². The quantitative estimate of drug-likeness (QED) is 0.768. The molecular formula is C13H19N3OS. The third-order valence-electron chi connectivity index (χ3n) is 3.19. The van der Waals surface area contributed by atoms with Crippen molar-refractivity contribution in [3.63, 3.8) is 0 Å².